The number of hydrogen-bond donors (Lipinski definition) is 2. The fraction of sp³-hybridized carbons (Fsp3) is 0.462. The summed E-state index contributed by atoms with van der Waals surface area (Å²) >= 11 is 0. The van der Waals surface area contributed by atoms with Gasteiger partial charge in [-0.25, -0.2) is 10.8 Å². The Morgan fingerprint density at radius 3 is 2.56 bits per heavy atom. The van der Waals surface area contributed by atoms with Gasteiger partial charge in [0.15, 0.2) is 0 Å². The maximum atomic E-state index is 5.57. The Kier molecular flexibility index (Phi) is 6.18. The van der Waals surface area contributed by atoms with Gasteiger partial charge in [-0.15, -0.1) is 0 Å². The summed E-state index contributed by atoms with van der Waals surface area (Å²) in [5.41, 5.74) is 3.53. The number of methoxy groups -OCH3 is 1. The maximum Gasteiger partial charge on any atom is 0.213 e. The van der Waals surface area contributed by atoms with Crippen molar-refractivity contribution in [1.82, 2.24) is 10.3 Å². The van der Waals surface area contributed by atoms with Crippen molar-refractivity contribution in [2.24, 2.45) is 10.8 Å². The number of aliphatic imine (C=N–C) groups is 1. The van der Waals surface area contributed by atoms with E-state index in [0.717, 1.165) is 12.2 Å². The van der Waals surface area contributed by atoms with Gasteiger partial charge in [0.2, 0.25) is 5.96 Å². The van der Waals surface area contributed by atoms with Crippen LogP contribution in [0, 0.1) is 0 Å². The van der Waals surface area contributed by atoms with E-state index < -0.39 is 0 Å². The molecule has 0 radical (unpaired) electrons. The quantitative estimate of drug-likeness (QED) is 0.360. The van der Waals surface area contributed by atoms with Gasteiger partial charge in [-0.2, -0.15) is 0 Å². The van der Waals surface area contributed by atoms with Gasteiger partial charge >= 0.3 is 0 Å². The molecule has 18 heavy (non-hydrogen) atoms. The van der Waals surface area contributed by atoms with E-state index in [4.69, 9.17) is 10.6 Å². The third kappa shape index (κ3) is 4.35. The van der Waals surface area contributed by atoms with Gasteiger partial charge in [0.1, 0.15) is 0 Å². The first-order valence-electron chi connectivity index (χ1n) is 6.05. The number of hydrogen-bond acceptors (Lipinski definition) is 3. The van der Waals surface area contributed by atoms with E-state index in [1.165, 1.54) is 0 Å². The second-order valence-corrected chi connectivity index (χ2v) is 4.20. The molecule has 0 aliphatic rings. The molecule has 1 rings (SSSR count). The van der Waals surface area contributed by atoms with Gasteiger partial charge in [-0.1, -0.05) is 18.2 Å². The van der Waals surface area contributed by atoms with Crippen LogP contribution >= 0.6 is 0 Å². The summed E-state index contributed by atoms with van der Waals surface area (Å²) in [5.74, 6) is 6.21. The van der Waals surface area contributed by atoms with Gasteiger partial charge in [-0.3, -0.25) is 5.43 Å². The Morgan fingerprint density at radius 2 is 2.06 bits per heavy atom. The van der Waals surface area contributed by atoms with E-state index in [2.05, 4.69) is 29.2 Å². The number of para-hydroxylation sites is 1. The molecule has 0 heterocycles. The van der Waals surface area contributed by atoms with Crippen molar-refractivity contribution >= 4 is 11.6 Å². The highest BCUT2D eigenvalue weighted by Gasteiger charge is 2.13. The largest absolute Gasteiger partial charge is 0.383 e. The zero-order valence-corrected chi connectivity index (χ0v) is 11.3. The van der Waals surface area contributed by atoms with Crippen LogP contribution in [0.25, 0.3) is 0 Å². The molecule has 1 aromatic rings. The van der Waals surface area contributed by atoms with E-state index in [1.54, 1.807) is 7.11 Å². The number of ether oxygens (including phenoxy) is 1. The molecule has 0 atom stereocenters. The fourth-order valence-electron chi connectivity index (χ4n) is 1.60. The van der Waals surface area contributed by atoms with Crippen LogP contribution in [0.3, 0.4) is 0 Å². The summed E-state index contributed by atoms with van der Waals surface area (Å²) in [7, 11) is 1.68. The van der Waals surface area contributed by atoms with Crippen molar-refractivity contribution in [3.05, 3.63) is 30.3 Å². The molecule has 0 aliphatic heterocycles. The molecular formula is C13H22N4O. The number of nitrogens with two attached hydrogens (primary N) is 1. The number of hydrazine groups is 1. The molecule has 5 heteroatoms. The minimum atomic E-state index is 0.290. The molecule has 0 saturated heterocycles. The molecule has 0 amide bonds. The number of rotatable bonds is 5. The molecule has 0 spiro atoms. The molecule has 0 bridgehead atoms. The molecule has 3 N–H and O–H groups in total. The summed E-state index contributed by atoms with van der Waals surface area (Å²) in [6.07, 6.45) is 0. The topological polar surface area (TPSA) is 62.9 Å². The predicted octanol–water partition coefficient (Wildman–Crippen LogP) is 1.49. The van der Waals surface area contributed by atoms with Crippen LogP contribution in [-0.2, 0) is 4.74 Å². The number of nitrogens with zero attached hydrogens (tertiary/aromatic N) is 2. The van der Waals surface area contributed by atoms with Crippen LogP contribution in [0.15, 0.2) is 35.3 Å². The van der Waals surface area contributed by atoms with Crippen LogP contribution in [0.4, 0.5) is 5.69 Å². The average molecular weight is 250 g/mol. The van der Waals surface area contributed by atoms with E-state index in [-0.39, 0.29) is 0 Å². The summed E-state index contributed by atoms with van der Waals surface area (Å²) < 4.78 is 5.10. The first kappa shape index (κ1) is 14.5. The van der Waals surface area contributed by atoms with Gasteiger partial charge in [0.05, 0.1) is 12.3 Å². The van der Waals surface area contributed by atoms with Gasteiger partial charge in [-0.05, 0) is 26.0 Å². The lowest BCUT2D eigenvalue weighted by molar-refractivity contribution is 0.165. The van der Waals surface area contributed by atoms with Crippen molar-refractivity contribution in [2.45, 2.75) is 19.9 Å². The molecule has 100 valence electrons. The number of guanidine groups is 1. The molecule has 0 saturated carbocycles. The molecule has 5 nitrogen and oxygen atoms in total. The van der Waals surface area contributed by atoms with E-state index in [0.29, 0.717) is 18.6 Å². The predicted molar refractivity (Wildman–Crippen MR) is 74.6 cm³/mol. The first-order chi connectivity index (χ1) is 8.69. The smallest absolute Gasteiger partial charge is 0.213 e. The highest BCUT2D eigenvalue weighted by molar-refractivity contribution is 5.82. The molecular weight excluding hydrogens is 228 g/mol. The van der Waals surface area contributed by atoms with Crippen molar-refractivity contribution < 1.29 is 4.74 Å². The van der Waals surface area contributed by atoms with Crippen molar-refractivity contribution in [1.29, 1.82) is 0 Å². The Labute approximate surface area is 109 Å². The Bertz CT molecular complexity index is 365. The van der Waals surface area contributed by atoms with Crippen molar-refractivity contribution in [3.8, 4) is 0 Å². The summed E-state index contributed by atoms with van der Waals surface area (Å²) in [6.45, 7) is 5.55. The lowest BCUT2D eigenvalue weighted by Gasteiger charge is -2.29. The lowest BCUT2D eigenvalue weighted by atomic mass is 10.3. The number of benzene rings is 1. The third-order valence-corrected chi connectivity index (χ3v) is 2.55. The van der Waals surface area contributed by atoms with Crippen LogP contribution in [-0.4, -0.2) is 37.2 Å². The number of nitrogens with one attached hydrogen (secondary N) is 1. The second kappa shape index (κ2) is 7.68. The zero-order valence-electron chi connectivity index (χ0n) is 11.3. The highest BCUT2D eigenvalue weighted by atomic mass is 16.5. The van der Waals surface area contributed by atoms with Crippen molar-refractivity contribution in [3.63, 3.8) is 0 Å². The second-order valence-electron chi connectivity index (χ2n) is 4.20. The third-order valence-electron chi connectivity index (χ3n) is 2.55. The molecule has 0 aliphatic carbocycles. The average Bonchev–Trinajstić information content (AvgIpc) is 2.38. The van der Waals surface area contributed by atoms with Crippen molar-refractivity contribution in [2.75, 3.05) is 20.3 Å². The van der Waals surface area contributed by atoms with Crippen LogP contribution < -0.4 is 11.3 Å². The monoisotopic (exact) mass is 250 g/mol. The normalized spacial score (nSPS) is 11.7. The molecule has 0 unspecified atom stereocenters. The van der Waals surface area contributed by atoms with Gasteiger partial charge in [0.25, 0.3) is 0 Å². The highest BCUT2D eigenvalue weighted by Crippen LogP contribution is 2.11. The minimum Gasteiger partial charge on any atom is -0.383 e. The standard InChI is InChI=1S/C13H22N4O/c1-11(2)17(9-10-18-3)13(16-14)15-12-7-5-4-6-8-12/h4-8,11H,9-10,14H2,1-3H3,(H,15,16). The Hall–Kier alpha value is -1.59. The summed E-state index contributed by atoms with van der Waals surface area (Å²) in [6, 6.07) is 10.0. The summed E-state index contributed by atoms with van der Waals surface area (Å²) in [4.78, 5) is 6.57. The van der Waals surface area contributed by atoms with E-state index >= 15 is 0 Å². The minimum absolute atomic E-state index is 0.290. The first-order valence-corrected chi connectivity index (χ1v) is 6.05. The Balaban J connectivity index is 2.87. The summed E-state index contributed by atoms with van der Waals surface area (Å²) in [5, 5.41) is 0. The van der Waals surface area contributed by atoms with Gasteiger partial charge < -0.3 is 9.64 Å². The fourth-order valence-corrected chi connectivity index (χ4v) is 1.60. The SMILES string of the molecule is COCCN(C(=Nc1ccccc1)NN)C(C)C. The van der Waals surface area contributed by atoms with E-state index in [9.17, 15) is 0 Å². The molecule has 0 fully saturated rings. The maximum absolute atomic E-state index is 5.57. The van der Waals surface area contributed by atoms with Gasteiger partial charge in [0, 0.05) is 19.7 Å². The molecule has 0 aromatic heterocycles. The van der Waals surface area contributed by atoms with E-state index in [1.807, 2.05) is 30.3 Å². The van der Waals surface area contributed by atoms with Crippen LogP contribution in [0.2, 0.25) is 0 Å². The molecule has 1 aromatic carbocycles. The Morgan fingerprint density at radius 1 is 1.39 bits per heavy atom. The lowest BCUT2D eigenvalue weighted by Crippen LogP contribution is -2.49. The zero-order chi connectivity index (χ0) is 13.4. The van der Waals surface area contributed by atoms with Crippen LogP contribution in [0.5, 0.6) is 0 Å². The van der Waals surface area contributed by atoms with Crippen LogP contribution in [0.1, 0.15) is 13.8 Å².